The van der Waals surface area contributed by atoms with Gasteiger partial charge in [0.1, 0.15) is 11.8 Å². The number of benzene rings is 1. The fraction of sp³-hybridized carbons (Fsp3) is 0.368. The van der Waals surface area contributed by atoms with E-state index in [-0.39, 0.29) is 17.8 Å². The van der Waals surface area contributed by atoms with Gasteiger partial charge in [0.2, 0.25) is 0 Å². The third kappa shape index (κ3) is 2.99. The van der Waals surface area contributed by atoms with Gasteiger partial charge in [0.15, 0.2) is 5.78 Å². The average Bonchev–Trinajstić information content (AvgIpc) is 2.89. The summed E-state index contributed by atoms with van der Waals surface area (Å²) in [5, 5.41) is 0. The summed E-state index contributed by atoms with van der Waals surface area (Å²) >= 11 is 0. The van der Waals surface area contributed by atoms with E-state index in [1.165, 1.54) is 6.92 Å². The summed E-state index contributed by atoms with van der Waals surface area (Å²) < 4.78 is 5.82. The molecule has 5 nitrogen and oxygen atoms in total. The number of aromatic amines is 1. The van der Waals surface area contributed by atoms with Crippen molar-refractivity contribution in [3.05, 3.63) is 58.4 Å². The number of ketones is 1. The number of ether oxygens (including phenoxy) is 1. The fourth-order valence-corrected chi connectivity index (χ4v) is 3.35. The molecule has 1 N–H and O–H groups in total. The van der Waals surface area contributed by atoms with Gasteiger partial charge in [-0.15, -0.1) is 0 Å². The van der Waals surface area contributed by atoms with Crippen LogP contribution >= 0.6 is 0 Å². The van der Waals surface area contributed by atoms with E-state index in [0.717, 1.165) is 16.8 Å². The quantitative estimate of drug-likeness (QED) is 0.882. The van der Waals surface area contributed by atoms with Crippen molar-refractivity contribution < 1.29 is 14.3 Å². The van der Waals surface area contributed by atoms with E-state index in [1.54, 1.807) is 4.90 Å². The molecule has 0 radical (unpaired) electrons. The molecular formula is C19H22N2O3. The van der Waals surface area contributed by atoms with E-state index in [1.807, 2.05) is 44.2 Å². The highest BCUT2D eigenvalue weighted by atomic mass is 16.5. The molecule has 1 aromatic carbocycles. The molecule has 5 heteroatoms. The second kappa shape index (κ2) is 6.61. The van der Waals surface area contributed by atoms with Crippen molar-refractivity contribution in [1.82, 2.24) is 9.88 Å². The van der Waals surface area contributed by atoms with Gasteiger partial charge >= 0.3 is 0 Å². The Bertz CT molecular complexity index is 764. The maximum atomic E-state index is 12.9. The molecule has 0 bridgehead atoms. The van der Waals surface area contributed by atoms with Crippen LogP contribution in [0.4, 0.5) is 0 Å². The number of amides is 1. The molecule has 1 saturated heterocycles. The van der Waals surface area contributed by atoms with E-state index in [2.05, 4.69) is 4.98 Å². The Morgan fingerprint density at radius 2 is 1.92 bits per heavy atom. The smallest absolute Gasteiger partial charge is 0.270 e. The molecule has 24 heavy (non-hydrogen) atoms. The zero-order valence-corrected chi connectivity index (χ0v) is 14.3. The largest absolute Gasteiger partial charge is 0.370 e. The van der Waals surface area contributed by atoms with Gasteiger partial charge in [-0.25, -0.2) is 0 Å². The molecule has 0 aliphatic carbocycles. The Kier molecular flexibility index (Phi) is 4.53. The van der Waals surface area contributed by atoms with Crippen LogP contribution in [-0.2, 0) is 4.74 Å². The third-order valence-corrected chi connectivity index (χ3v) is 4.53. The molecule has 1 aliphatic rings. The normalized spacial score (nSPS) is 17.8. The maximum Gasteiger partial charge on any atom is 0.270 e. The number of hydrogen-bond acceptors (Lipinski definition) is 3. The van der Waals surface area contributed by atoms with Gasteiger partial charge in [-0.05, 0) is 31.9 Å². The molecule has 1 amide bonds. The summed E-state index contributed by atoms with van der Waals surface area (Å²) in [5.74, 6) is -0.100. The van der Waals surface area contributed by atoms with Crippen LogP contribution in [0.25, 0.3) is 0 Å². The van der Waals surface area contributed by atoms with Crippen molar-refractivity contribution in [1.29, 1.82) is 0 Å². The lowest BCUT2D eigenvalue weighted by Crippen LogP contribution is -2.42. The van der Waals surface area contributed by atoms with Gasteiger partial charge in [0, 0.05) is 17.8 Å². The lowest BCUT2D eigenvalue weighted by Gasteiger charge is -2.33. The van der Waals surface area contributed by atoms with E-state index in [0.29, 0.717) is 31.0 Å². The summed E-state index contributed by atoms with van der Waals surface area (Å²) in [6.07, 6.45) is -0.118. The first-order valence-electron chi connectivity index (χ1n) is 8.15. The highest BCUT2D eigenvalue weighted by molar-refractivity contribution is 6.02. The van der Waals surface area contributed by atoms with Gasteiger partial charge in [-0.3, -0.25) is 9.59 Å². The molecule has 3 rings (SSSR count). The molecule has 1 atom stereocenters. The van der Waals surface area contributed by atoms with Crippen LogP contribution in [-0.4, -0.2) is 41.3 Å². The molecule has 126 valence electrons. The first-order valence-corrected chi connectivity index (χ1v) is 8.15. The van der Waals surface area contributed by atoms with Gasteiger partial charge in [-0.2, -0.15) is 0 Å². The van der Waals surface area contributed by atoms with E-state index in [9.17, 15) is 9.59 Å². The van der Waals surface area contributed by atoms with Crippen LogP contribution in [0.15, 0.2) is 30.3 Å². The lowest BCUT2D eigenvalue weighted by molar-refractivity contribution is -0.0230. The first kappa shape index (κ1) is 16.5. The molecule has 0 spiro atoms. The molecule has 2 heterocycles. The number of nitrogens with one attached hydrogen (secondary N) is 1. The number of aryl methyl sites for hydroxylation is 1. The minimum atomic E-state index is -0.118. The van der Waals surface area contributed by atoms with Crippen molar-refractivity contribution in [3.63, 3.8) is 0 Å². The highest BCUT2D eigenvalue weighted by Gasteiger charge is 2.29. The third-order valence-electron chi connectivity index (χ3n) is 4.53. The lowest BCUT2D eigenvalue weighted by atomic mass is 10.1. The molecule has 1 unspecified atom stereocenters. The van der Waals surface area contributed by atoms with Crippen LogP contribution in [0.3, 0.4) is 0 Å². The topological polar surface area (TPSA) is 62.4 Å². The molecule has 0 saturated carbocycles. The van der Waals surface area contributed by atoms with Crippen molar-refractivity contribution in [3.8, 4) is 0 Å². The second-order valence-electron chi connectivity index (χ2n) is 6.20. The van der Waals surface area contributed by atoms with Crippen LogP contribution in [0.5, 0.6) is 0 Å². The highest BCUT2D eigenvalue weighted by Crippen LogP contribution is 2.25. The van der Waals surface area contributed by atoms with Gasteiger partial charge in [-0.1, -0.05) is 30.3 Å². The average molecular weight is 326 g/mol. The molecule has 1 fully saturated rings. The van der Waals surface area contributed by atoms with E-state index < -0.39 is 0 Å². The Hall–Kier alpha value is -2.40. The van der Waals surface area contributed by atoms with Crippen LogP contribution in [0, 0.1) is 13.8 Å². The monoisotopic (exact) mass is 326 g/mol. The number of carbonyl (C=O) groups is 2. The molecule has 2 aromatic rings. The standard InChI is InChI=1S/C19H22N2O3/c1-12-17(14(3)22)13(2)20-18(12)19(23)21-9-10-24-16(11-21)15-7-5-4-6-8-15/h4-8,16,20H,9-11H2,1-3H3. The molecule has 1 aromatic heterocycles. The van der Waals surface area contributed by atoms with E-state index in [4.69, 9.17) is 4.74 Å². The number of Topliss-reactive ketones (excluding diaryl/α,β-unsaturated/α-hetero) is 1. The van der Waals surface area contributed by atoms with Crippen molar-refractivity contribution in [2.75, 3.05) is 19.7 Å². The van der Waals surface area contributed by atoms with Crippen LogP contribution in [0.1, 0.15) is 50.7 Å². The SMILES string of the molecule is CC(=O)c1c(C)[nH]c(C(=O)N2CCOC(c3ccccc3)C2)c1C. The Morgan fingerprint density at radius 3 is 2.54 bits per heavy atom. The van der Waals surface area contributed by atoms with Crippen molar-refractivity contribution in [2.24, 2.45) is 0 Å². The molecule has 1 aliphatic heterocycles. The molecular weight excluding hydrogens is 304 g/mol. The number of carbonyl (C=O) groups excluding carboxylic acids is 2. The maximum absolute atomic E-state index is 12.9. The van der Waals surface area contributed by atoms with Crippen LogP contribution < -0.4 is 0 Å². The fourth-order valence-electron chi connectivity index (χ4n) is 3.35. The predicted octanol–water partition coefficient (Wildman–Crippen LogP) is 3.05. The first-order chi connectivity index (χ1) is 11.5. The Morgan fingerprint density at radius 1 is 1.21 bits per heavy atom. The summed E-state index contributed by atoms with van der Waals surface area (Å²) in [6, 6.07) is 9.92. The number of nitrogens with zero attached hydrogens (tertiary/aromatic N) is 1. The number of rotatable bonds is 3. The van der Waals surface area contributed by atoms with Crippen molar-refractivity contribution >= 4 is 11.7 Å². The second-order valence-corrected chi connectivity index (χ2v) is 6.20. The number of hydrogen-bond donors (Lipinski definition) is 1. The number of H-pyrrole nitrogens is 1. The minimum absolute atomic E-state index is 0.0237. The minimum Gasteiger partial charge on any atom is -0.370 e. The van der Waals surface area contributed by atoms with Crippen LogP contribution in [0.2, 0.25) is 0 Å². The van der Waals surface area contributed by atoms with E-state index >= 15 is 0 Å². The van der Waals surface area contributed by atoms with Crippen molar-refractivity contribution in [2.45, 2.75) is 26.9 Å². The zero-order valence-electron chi connectivity index (χ0n) is 14.3. The Balaban J connectivity index is 1.83. The van der Waals surface area contributed by atoms with Gasteiger partial charge in [0.25, 0.3) is 5.91 Å². The Labute approximate surface area is 141 Å². The number of aromatic nitrogens is 1. The summed E-state index contributed by atoms with van der Waals surface area (Å²) in [7, 11) is 0. The summed E-state index contributed by atoms with van der Waals surface area (Å²) in [4.78, 5) is 29.6. The number of morpholine rings is 1. The summed E-state index contributed by atoms with van der Waals surface area (Å²) in [5.41, 5.74) is 3.67. The summed E-state index contributed by atoms with van der Waals surface area (Å²) in [6.45, 7) is 6.74. The predicted molar refractivity (Wildman–Crippen MR) is 91.3 cm³/mol. The zero-order chi connectivity index (χ0) is 17.3. The van der Waals surface area contributed by atoms with Gasteiger partial charge in [0.05, 0.1) is 13.2 Å². The van der Waals surface area contributed by atoms with Gasteiger partial charge < -0.3 is 14.6 Å².